The van der Waals surface area contributed by atoms with Crippen LogP contribution in [0, 0.1) is 0 Å². The van der Waals surface area contributed by atoms with Gasteiger partial charge in [0, 0.05) is 30.3 Å². The maximum Gasteiger partial charge on any atom is 0.258 e. The van der Waals surface area contributed by atoms with Crippen LogP contribution in [-0.4, -0.2) is 44.7 Å². The highest BCUT2D eigenvalue weighted by Gasteiger charge is 2.31. The largest absolute Gasteiger partial charge is 0.457 e. The summed E-state index contributed by atoms with van der Waals surface area (Å²) < 4.78 is 33.6. The maximum atomic E-state index is 11.9. The molecule has 2 aromatic rings. The first kappa shape index (κ1) is 17.2. The molecule has 1 fully saturated rings. The summed E-state index contributed by atoms with van der Waals surface area (Å²) in [4.78, 5) is 3.98. The molecule has 26 heavy (non-hydrogen) atoms. The van der Waals surface area contributed by atoms with Crippen LogP contribution in [-0.2, 0) is 10.0 Å². The van der Waals surface area contributed by atoms with Gasteiger partial charge in [-0.25, -0.2) is 8.42 Å². The second kappa shape index (κ2) is 6.81. The van der Waals surface area contributed by atoms with Crippen molar-refractivity contribution in [2.45, 2.75) is 6.42 Å². The van der Waals surface area contributed by atoms with E-state index in [1.54, 1.807) is 12.1 Å². The minimum atomic E-state index is -3.38. The molecule has 0 bridgehead atoms. The molecule has 4 rings (SSSR count). The van der Waals surface area contributed by atoms with Crippen LogP contribution in [0.15, 0.2) is 52.9 Å². The van der Waals surface area contributed by atoms with Gasteiger partial charge in [0.25, 0.3) is 10.0 Å². The Morgan fingerprint density at radius 2 is 1.81 bits per heavy atom. The van der Waals surface area contributed by atoms with Crippen LogP contribution in [0.3, 0.4) is 0 Å². The fourth-order valence-corrected chi connectivity index (χ4v) is 4.30. The van der Waals surface area contributed by atoms with E-state index >= 15 is 0 Å². The van der Waals surface area contributed by atoms with E-state index in [-0.39, 0.29) is 5.75 Å². The lowest BCUT2D eigenvalue weighted by Gasteiger charge is -2.40. The molecule has 0 N–H and O–H groups in total. The summed E-state index contributed by atoms with van der Waals surface area (Å²) in [6.07, 6.45) is 0.958. The second-order valence-corrected chi connectivity index (χ2v) is 8.41. The quantitative estimate of drug-likeness (QED) is 0.803. The molecule has 136 valence electrons. The van der Waals surface area contributed by atoms with Crippen molar-refractivity contribution in [3.8, 4) is 11.5 Å². The van der Waals surface area contributed by atoms with E-state index < -0.39 is 10.0 Å². The van der Waals surface area contributed by atoms with E-state index in [9.17, 15) is 8.42 Å². The van der Waals surface area contributed by atoms with Gasteiger partial charge in [-0.1, -0.05) is 17.7 Å². The van der Waals surface area contributed by atoms with Gasteiger partial charge in [-0.15, -0.1) is 4.40 Å². The van der Waals surface area contributed by atoms with Crippen LogP contribution < -0.4 is 9.64 Å². The summed E-state index contributed by atoms with van der Waals surface area (Å²) in [6.45, 7) is 2.06. The summed E-state index contributed by atoms with van der Waals surface area (Å²) in [6, 6.07) is 14.7. The monoisotopic (exact) mass is 391 g/mol. The highest BCUT2D eigenvalue weighted by Crippen LogP contribution is 2.28. The molecular weight excluding hydrogens is 374 g/mol. The van der Waals surface area contributed by atoms with Crippen molar-refractivity contribution in [1.29, 1.82) is 0 Å². The van der Waals surface area contributed by atoms with Gasteiger partial charge in [-0.2, -0.15) is 0 Å². The Morgan fingerprint density at radius 1 is 1.00 bits per heavy atom. The summed E-state index contributed by atoms with van der Waals surface area (Å²) in [7, 11) is -3.38. The number of guanidine groups is 1. The fraction of sp³-hybridized carbons (Fsp3) is 0.278. The number of ether oxygens (including phenoxy) is 1. The smallest absolute Gasteiger partial charge is 0.258 e. The lowest BCUT2D eigenvalue weighted by molar-refractivity contribution is 0.394. The number of benzene rings is 2. The van der Waals surface area contributed by atoms with E-state index in [1.807, 2.05) is 46.2 Å². The first-order valence-electron chi connectivity index (χ1n) is 8.39. The molecule has 0 atom stereocenters. The van der Waals surface area contributed by atoms with E-state index in [4.69, 9.17) is 16.3 Å². The Balaban J connectivity index is 1.57. The van der Waals surface area contributed by atoms with Crippen molar-refractivity contribution in [2.24, 2.45) is 4.40 Å². The van der Waals surface area contributed by atoms with Crippen LogP contribution >= 0.6 is 11.6 Å². The molecule has 0 radical (unpaired) electrons. The predicted octanol–water partition coefficient (Wildman–Crippen LogP) is 3.34. The van der Waals surface area contributed by atoms with Gasteiger partial charge in [0.2, 0.25) is 5.96 Å². The fourth-order valence-electron chi connectivity index (χ4n) is 3.11. The Hall–Kier alpha value is -2.25. The molecule has 0 aliphatic carbocycles. The van der Waals surface area contributed by atoms with Crippen molar-refractivity contribution >= 4 is 33.3 Å². The lowest BCUT2D eigenvalue weighted by atomic mass is 10.2. The summed E-state index contributed by atoms with van der Waals surface area (Å²) in [5.74, 6) is 1.95. The maximum absolute atomic E-state index is 11.9. The van der Waals surface area contributed by atoms with Gasteiger partial charge < -0.3 is 14.5 Å². The Kier molecular flexibility index (Phi) is 4.50. The average Bonchev–Trinajstić information content (AvgIpc) is 2.61. The predicted molar refractivity (Wildman–Crippen MR) is 103 cm³/mol. The third-order valence-corrected chi connectivity index (χ3v) is 5.73. The molecule has 6 nitrogen and oxygen atoms in total. The zero-order chi connectivity index (χ0) is 18.1. The van der Waals surface area contributed by atoms with Crippen LogP contribution in [0.25, 0.3) is 0 Å². The molecule has 1 saturated heterocycles. The number of fused-ring (bicyclic) bond motifs is 1. The third kappa shape index (κ3) is 3.64. The van der Waals surface area contributed by atoms with E-state index in [1.165, 1.54) is 0 Å². The molecule has 2 aromatic carbocycles. The molecule has 0 amide bonds. The first-order valence-corrected chi connectivity index (χ1v) is 10.4. The molecule has 2 heterocycles. The number of hydrogen-bond donors (Lipinski definition) is 0. The van der Waals surface area contributed by atoms with Crippen LogP contribution in [0.5, 0.6) is 11.5 Å². The van der Waals surface area contributed by atoms with Crippen molar-refractivity contribution in [3.63, 3.8) is 0 Å². The Morgan fingerprint density at radius 3 is 2.58 bits per heavy atom. The first-order chi connectivity index (χ1) is 12.5. The van der Waals surface area contributed by atoms with Crippen LogP contribution in [0.2, 0.25) is 5.02 Å². The third-order valence-electron chi connectivity index (χ3n) is 4.35. The van der Waals surface area contributed by atoms with E-state index in [0.717, 1.165) is 25.2 Å². The van der Waals surface area contributed by atoms with Gasteiger partial charge in [0.05, 0.1) is 5.75 Å². The van der Waals surface area contributed by atoms with Crippen molar-refractivity contribution in [3.05, 3.63) is 53.6 Å². The van der Waals surface area contributed by atoms with Gasteiger partial charge in [0.1, 0.15) is 11.5 Å². The Bertz CT molecular complexity index is 944. The number of anilines is 1. The molecule has 0 aromatic heterocycles. The number of halogens is 1. The van der Waals surface area contributed by atoms with E-state index in [0.29, 0.717) is 29.0 Å². The van der Waals surface area contributed by atoms with Gasteiger partial charge in [0.15, 0.2) is 0 Å². The number of nitrogens with zero attached hydrogens (tertiary/aromatic N) is 3. The van der Waals surface area contributed by atoms with Gasteiger partial charge in [-0.3, -0.25) is 0 Å². The number of sulfonamides is 1. The topological polar surface area (TPSA) is 62.2 Å². The molecule has 0 spiro atoms. The molecule has 0 unspecified atom stereocenters. The zero-order valence-corrected chi connectivity index (χ0v) is 15.6. The number of rotatable bonds is 3. The summed E-state index contributed by atoms with van der Waals surface area (Å²) >= 11 is 5.97. The van der Waals surface area contributed by atoms with Crippen molar-refractivity contribution < 1.29 is 13.2 Å². The zero-order valence-electron chi connectivity index (χ0n) is 14.0. The molecular formula is C18H18ClN3O3S. The van der Waals surface area contributed by atoms with Crippen molar-refractivity contribution in [2.75, 3.05) is 30.3 Å². The lowest BCUT2D eigenvalue weighted by Crippen LogP contribution is -2.54. The summed E-state index contributed by atoms with van der Waals surface area (Å²) in [5.41, 5.74) is 0.893. The van der Waals surface area contributed by atoms with Gasteiger partial charge in [-0.05, 0) is 48.9 Å². The molecule has 2 aliphatic heterocycles. The van der Waals surface area contributed by atoms with Crippen LogP contribution in [0.1, 0.15) is 6.42 Å². The minimum absolute atomic E-state index is 0.0801. The normalized spacial score (nSPS) is 18.9. The summed E-state index contributed by atoms with van der Waals surface area (Å²) in [5, 5.41) is 0.615. The van der Waals surface area contributed by atoms with Gasteiger partial charge >= 0.3 is 0 Å². The molecule has 0 saturated carbocycles. The Labute approximate surface area is 157 Å². The van der Waals surface area contributed by atoms with Crippen molar-refractivity contribution in [1.82, 2.24) is 4.90 Å². The molecule has 2 aliphatic rings. The highest BCUT2D eigenvalue weighted by atomic mass is 35.5. The minimum Gasteiger partial charge on any atom is -0.457 e. The standard InChI is InChI=1S/C18H18ClN3O3S/c19-14-3-1-4-17(13-14)25-16-7-5-15(6-8-16)22-10-2-9-21-11-12-26(23,24)20-18(21)22/h1,3-8,13H,2,9-12H2. The number of hydrogen-bond acceptors (Lipinski definition) is 5. The average molecular weight is 392 g/mol. The van der Waals surface area contributed by atoms with Crippen LogP contribution in [0.4, 0.5) is 5.69 Å². The SMILES string of the molecule is O=S1(=O)CCN2CCCN(c3ccc(Oc4cccc(Cl)c4)cc3)C2=N1. The second-order valence-electron chi connectivity index (χ2n) is 6.22. The van der Waals surface area contributed by atoms with E-state index in [2.05, 4.69) is 4.40 Å². The molecule has 8 heteroatoms. The highest BCUT2D eigenvalue weighted by molar-refractivity contribution is 7.90.